The van der Waals surface area contributed by atoms with Crippen LogP contribution in [0.4, 0.5) is 27.6 Å². The van der Waals surface area contributed by atoms with Crippen LogP contribution in [-0.2, 0) is 11.2 Å². The Morgan fingerprint density at radius 2 is 1.72 bits per heavy atom. The molecule has 0 aliphatic heterocycles. The molecule has 25 heavy (non-hydrogen) atoms. The molecule has 0 aliphatic carbocycles. The molecular weight excluding hydrogens is 345 g/mol. The summed E-state index contributed by atoms with van der Waals surface area (Å²) >= 11 is 0. The molecule has 0 heterocycles. The Hall–Kier alpha value is -2.64. The minimum Gasteiger partial charge on any atom is -0.484 e. The smallest absolute Gasteiger partial charge is 0.422 e. The van der Waals surface area contributed by atoms with Crippen LogP contribution in [0.15, 0.2) is 42.5 Å². The molecular formula is C17H14F5NO2. The van der Waals surface area contributed by atoms with Gasteiger partial charge >= 0.3 is 6.18 Å². The predicted octanol–water partition coefficient (Wildman–Crippen LogP) is 4.48. The summed E-state index contributed by atoms with van der Waals surface area (Å²) in [6.07, 6.45) is -4.49. The van der Waals surface area contributed by atoms with Crippen molar-refractivity contribution in [2.45, 2.75) is 19.0 Å². The molecule has 0 saturated heterocycles. The number of alkyl halides is 3. The number of benzene rings is 2. The molecule has 3 nitrogen and oxygen atoms in total. The van der Waals surface area contributed by atoms with Crippen molar-refractivity contribution in [1.82, 2.24) is 0 Å². The van der Waals surface area contributed by atoms with E-state index in [1.807, 2.05) is 0 Å². The molecule has 0 bridgehead atoms. The molecule has 0 radical (unpaired) electrons. The molecule has 0 aliphatic rings. The van der Waals surface area contributed by atoms with Crippen molar-refractivity contribution in [3.8, 4) is 5.75 Å². The fraction of sp³-hybridized carbons (Fsp3) is 0.235. The van der Waals surface area contributed by atoms with Gasteiger partial charge in [0, 0.05) is 12.1 Å². The third kappa shape index (κ3) is 6.40. The molecule has 2 aromatic rings. The zero-order valence-electron chi connectivity index (χ0n) is 12.9. The van der Waals surface area contributed by atoms with Gasteiger partial charge in [-0.05, 0) is 54.4 Å². The van der Waals surface area contributed by atoms with Gasteiger partial charge in [-0.1, -0.05) is 0 Å². The normalized spacial score (nSPS) is 11.2. The lowest BCUT2D eigenvalue weighted by Crippen LogP contribution is -2.19. The van der Waals surface area contributed by atoms with Gasteiger partial charge in [0.15, 0.2) is 6.61 Å². The Morgan fingerprint density at radius 3 is 2.36 bits per heavy atom. The molecule has 0 saturated carbocycles. The molecule has 8 heteroatoms. The summed E-state index contributed by atoms with van der Waals surface area (Å²) in [5.74, 6) is -1.61. The summed E-state index contributed by atoms with van der Waals surface area (Å²) in [4.78, 5) is 11.8. The minimum atomic E-state index is -4.43. The molecule has 0 unspecified atom stereocenters. The average Bonchev–Trinajstić information content (AvgIpc) is 2.54. The van der Waals surface area contributed by atoms with Crippen molar-refractivity contribution in [2.24, 2.45) is 0 Å². The zero-order chi connectivity index (χ0) is 18.4. The topological polar surface area (TPSA) is 38.3 Å². The molecule has 2 rings (SSSR count). The van der Waals surface area contributed by atoms with E-state index in [1.54, 1.807) is 0 Å². The summed E-state index contributed by atoms with van der Waals surface area (Å²) in [7, 11) is 0. The van der Waals surface area contributed by atoms with Crippen LogP contribution in [0.2, 0.25) is 0 Å². The lowest BCUT2D eigenvalue weighted by molar-refractivity contribution is -0.153. The van der Waals surface area contributed by atoms with Crippen molar-refractivity contribution < 1.29 is 31.5 Å². The van der Waals surface area contributed by atoms with Crippen molar-refractivity contribution >= 4 is 11.6 Å². The van der Waals surface area contributed by atoms with Crippen LogP contribution in [0.5, 0.6) is 5.75 Å². The maximum absolute atomic E-state index is 13.5. The molecule has 0 spiro atoms. The fourth-order valence-electron chi connectivity index (χ4n) is 2.01. The number of hydrogen-bond donors (Lipinski definition) is 1. The van der Waals surface area contributed by atoms with Crippen LogP contribution in [0, 0.1) is 11.6 Å². The van der Waals surface area contributed by atoms with E-state index in [0.717, 1.165) is 18.2 Å². The Kier molecular flexibility index (Phi) is 5.95. The van der Waals surface area contributed by atoms with Gasteiger partial charge in [0.05, 0.1) is 0 Å². The monoisotopic (exact) mass is 359 g/mol. The summed E-state index contributed by atoms with van der Waals surface area (Å²) in [5.41, 5.74) is 0.440. The Bertz CT molecular complexity index is 729. The lowest BCUT2D eigenvalue weighted by Gasteiger charge is -2.10. The number of amides is 1. The number of rotatable bonds is 6. The first-order valence-electron chi connectivity index (χ1n) is 7.26. The van der Waals surface area contributed by atoms with E-state index in [2.05, 4.69) is 10.1 Å². The standard InChI is InChI=1S/C17H14F5NO2/c18-12-2-7-15(19)11(9-12)1-8-16(24)23-13-3-5-14(6-4-13)25-10-17(20,21)22/h2-7,9H,1,8,10H2,(H,23,24). The third-order valence-corrected chi connectivity index (χ3v) is 3.17. The first-order valence-corrected chi connectivity index (χ1v) is 7.26. The highest BCUT2D eigenvalue weighted by Gasteiger charge is 2.28. The summed E-state index contributed by atoms with van der Waals surface area (Å²) in [6.45, 7) is -1.40. The first kappa shape index (κ1) is 18.7. The second kappa shape index (κ2) is 7.96. The second-order valence-electron chi connectivity index (χ2n) is 5.21. The van der Waals surface area contributed by atoms with Crippen molar-refractivity contribution in [1.29, 1.82) is 0 Å². The maximum atomic E-state index is 13.5. The van der Waals surface area contributed by atoms with Crippen molar-refractivity contribution in [3.63, 3.8) is 0 Å². The molecule has 1 amide bonds. The predicted molar refractivity (Wildman–Crippen MR) is 81.3 cm³/mol. The number of carbonyl (C=O) groups excluding carboxylic acids is 1. The minimum absolute atomic E-state index is 0.0113. The lowest BCUT2D eigenvalue weighted by atomic mass is 10.1. The number of halogens is 5. The van der Waals surface area contributed by atoms with E-state index >= 15 is 0 Å². The summed E-state index contributed by atoms with van der Waals surface area (Å²) in [5, 5.41) is 2.51. The summed E-state index contributed by atoms with van der Waals surface area (Å²) in [6, 6.07) is 8.33. The van der Waals surface area contributed by atoms with Gasteiger partial charge in [0.1, 0.15) is 17.4 Å². The Morgan fingerprint density at radius 1 is 1.04 bits per heavy atom. The highest BCUT2D eigenvalue weighted by molar-refractivity contribution is 5.90. The van der Waals surface area contributed by atoms with Gasteiger partial charge in [0.25, 0.3) is 0 Å². The number of aryl methyl sites for hydroxylation is 1. The molecule has 0 aromatic heterocycles. The zero-order valence-corrected chi connectivity index (χ0v) is 12.9. The molecule has 1 N–H and O–H groups in total. The van der Waals surface area contributed by atoms with Gasteiger partial charge in [-0.3, -0.25) is 4.79 Å². The quantitative estimate of drug-likeness (QED) is 0.773. The maximum Gasteiger partial charge on any atom is 0.422 e. The van der Waals surface area contributed by atoms with Crippen LogP contribution in [0.1, 0.15) is 12.0 Å². The molecule has 2 aromatic carbocycles. The van der Waals surface area contributed by atoms with Crippen LogP contribution in [0.3, 0.4) is 0 Å². The van der Waals surface area contributed by atoms with E-state index in [0.29, 0.717) is 5.69 Å². The SMILES string of the molecule is O=C(CCc1cc(F)ccc1F)Nc1ccc(OCC(F)(F)F)cc1. The number of hydrogen-bond acceptors (Lipinski definition) is 2. The fourth-order valence-corrected chi connectivity index (χ4v) is 2.01. The highest BCUT2D eigenvalue weighted by Crippen LogP contribution is 2.20. The number of anilines is 1. The molecule has 134 valence electrons. The van der Waals surface area contributed by atoms with E-state index in [1.165, 1.54) is 24.3 Å². The van der Waals surface area contributed by atoms with Crippen LogP contribution in [0.25, 0.3) is 0 Å². The molecule has 0 atom stereocenters. The van der Waals surface area contributed by atoms with Crippen LogP contribution in [-0.4, -0.2) is 18.7 Å². The number of carbonyl (C=O) groups is 1. The van der Waals surface area contributed by atoms with E-state index in [4.69, 9.17) is 0 Å². The van der Waals surface area contributed by atoms with Crippen molar-refractivity contribution in [3.05, 3.63) is 59.7 Å². The largest absolute Gasteiger partial charge is 0.484 e. The third-order valence-electron chi connectivity index (χ3n) is 3.17. The van der Waals surface area contributed by atoms with E-state index < -0.39 is 30.3 Å². The van der Waals surface area contributed by atoms with Crippen molar-refractivity contribution in [2.75, 3.05) is 11.9 Å². The number of nitrogens with one attached hydrogen (secondary N) is 1. The van der Waals surface area contributed by atoms with E-state index in [-0.39, 0.29) is 24.2 Å². The van der Waals surface area contributed by atoms with E-state index in [9.17, 15) is 26.7 Å². The second-order valence-corrected chi connectivity index (χ2v) is 5.21. The van der Waals surface area contributed by atoms with Gasteiger partial charge in [0.2, 0.25) is 5.91 Å². The average molecular weight is 359 g/mol. The van der Waals surface area contributed by atoms with Gasteiger partial charge in [-0.2, -0.15) is 13.2 Å². The number of ether oxygens (including phenoxy) is 1. The Balaban J connectivity index is 1.85. The first-order chi connectivity index (χ1) is 11.7. The molecule has 0 fully saturated rings. The highest BCUT2D eigenvalue weighted by atomic mass is 19.4. The summed E-state index contributed by atoms with van der Waals surface area (Å²) < 4.78 is 67.2. The Labute approximate surface area is 140 Å². The van der Waals surface area contributed by atoms with Crippen LogP contribution < -0.4 is 10.1 Å². The van der Waals surface area contributed by atoms with Crippen LogP contribution >= 0.6 is 0 Å². The van der Waals surface area contributed by atoms with Gasteiger partial charge in [-0.25, -0.2) is 8.78 Å². The van der Waals surface area contributed by atoms with Gasteiger partial charge < -0.3 is 10.1 Å². The van der Waals surface area contributed by atoms with Gasteiger partial charge in [-0.15, -0.1) is 0 Å².